The number of rotatable bonds is 2. The van der Waals surface area contributed by atoms with Crippen LogP contribution in [-0.4, -0.2) is 16.1 Å². The van der Waals surface area contributed by atoms with Crippen molar-refractivity contribution in [2.24, 2.45) is 0 Å². The highest BCUT2D eigenvalue weighted by Crippen LogP contribution is 2.11. The molecule has 4 heteroatoms. The maximum atomic E-state index is 10.8. The molecule has 4 nitrogen and oxygen atoms in total. The molecule has 0 N–H and O–H groups in total. The fourth-order valence-corrected chi connectivity index (χ4v) is 1.23. The van der Waals surface area contributed by atoms with Crippen molar-refractivity contribution in [1.29, 1.82) is 0 Å². The van der Waals surface area contributed by atoms with Gasteiger partial charge in [-0.2, -0.15) is 0 Å². The molecule has 2 rings (SSSR count). The van der Waals surface area contributed by atoms with E-state index >= 15 is 0 Å². The Morgan fingerprint density at radius 3 is 2.92 bits per heavy atom. The molecule has 1 heterocycles. The molecular formula is C9H8N2O2. The zero-order chi connectivity index (χ0) is 9.26. The maximum absolute atomic E-state index is 10.8. The average Bonchev–Trinajstić information content (AvgIpc) is 2.49. The monoisotopic (exact) mass is 176 g/mol. The zero-order valence-electron chi connectivity index (χ0n) is 7.15. The number of fused-ring (bicyclic) bond motifs is 1. The third kappa shape index (κ3) is 1.56. The molecule has 0 fully saturated rings. The molecule has 0 aliphatic rings. The summed E-state index contributed by atoms with van der Waals surface area (Å²) in [6.07, 6.45) is 0.433. The van der Waals surface area contributed by atoms with Gasteiger partial charge in [0.15, 0.2) is 0 Å². The lowest BCUT2D eigenvalue weighted by Crippen LogP contribution is -1.95. The van der Waals surface area contributed by atoms with Gasteiger partial charge in [-0.3, -0.25) is 4.79 Å². The average molecular weight is 176 g/mol. The van der Waals surface area contributed by atoms with Crippen LogP contribution in [0.2, 0.25) is 0 Å². The largest absolute Gasteiger partial charge is 0.300 e. The molecule has 0 aliphatic heterocycles. The molecule has 66 valence electrons. The third-order valence-corrected chi connectivity index (χ3v) is 1.77. The summed E-state index contributed by atoms with van der Waals surface area (Å²) in [6.45, 7) is 1.56. The summed E-state index contributed by atoms with van der Waals surface area (Å²) in [5, 5.41) is 7.36. The highest BCUT2D eigenvalue weighted by molar-refractivity contribution is 5.80. The van der Waals surface area contributed by atoms with Crippen LogP contribution in [0.1, 0.15) is 12.5 Å². The lowest BCUT2D eigenvalue weighted by atomic mass is 10.1. The summed E-state index contributed by atoms with van der Waals surface area (Å²) >= 11 is 0. The minimum atomic E-state index is 0.135. The number of carbonyl (C=O) groups excluding carboxylic acids is 1. The van der Waals surface area contributed by atoms with E-state index in [0.29, 0.717) is 17.5 Å². The van der Waals surface area contributed by atoms with Crippen LogP contribution in [0.15, 0.2) is 22.8 Å². The normalized spacial score (nSPS) is 10.5. The van der Waals surface area contributed by atoms with Crippen molar-refractivity contribution in [3.05, 3.63) is 23.8 Å². The molecule has 0 saturated heterocycles. The Morgan fingerprint density at radius 1 is 1.38 bits per heavy atom. The predicted octanol–water partition coefficient (Wildman–Crippen LogP) is 1.35. The Bertz CT molecular complexity index is 448. The fraction of sp³-hybridized carbons (Fsp3) is 0.222. The summed E-state index contributed by atoms with van der Waals surface area (Å²) in [5.74, 6) is 0.135. The van der Waals surface area contributed by atoms with Gasteiger partial charge in [-0.15, -0.1) is 0 Å². The molecular weight excluding hydrogens is 168 g/mol. The van der Waals surface area contributed by atoms with Gasteiger partial charge in [0.05, 0.1) is 0 Å². The van der Waals surface area contributed by atoms with E-state index in [1.54, 1.807) is 13.0 Å². The Morgan fingerprint density at radius 2 is 2.15 bits per heavy atom. The van der Waals surface area contributed by atoms with Gasteiger partial charge in [-0.25, -0.2) is 4.63 Å². The van der Waals surface area contributed by atoms with E-state index in [2.05, 4.69) is 14.9 Å². The van der Waals surface area contributed by atoms with Crippen LogP contribution in [0.25, 0.3) is 11.0 Å². The summed E-state index contributed by atoms with van der Waals surface area (Å²) in [6, 6.07) is 5.46. The molecule has 13 heavy (non-hydrogen) atoms. The van der Waals surface area contributed by atoms with Crippen molar-refractivity contribution in [3.63, 3.8) is 0 Å². The van der Waals surface area contributed by atoms with Crippen LogP contribution < -0.4 is 0 Å². The minimum Gasteiger partial charge on any atom is -0.300 e. The van der Waals surface area contributed by atoms with Crippen molar-refractivity contribution < 1.29 is 9.42 Å². The number of Topliss-reactive ketones (excluding diaryl/α,β-unsaturated/α-hetero) is 1. The number of benzene rings is 1. The van der Waals surface area contributed by atoms with Crippen molar-refractivity contribution in [2.75, 3.05) is 0 Å². The maximum Gasteiger partial charge on any atom is 0.135 e. The third-order valence-electron chi connectivity index (χ3n) is 1.77. The summed E-state index contributed by atoms with van der Waals surface area (Å²) in [5.41, 5.74) is 2.35. The van der Waals surface area contributed by atoms with Gasteiger partial charge >= 0.3 is 0 Å². The first-order valence-corrected chi connectivity index (χ1v) is 3.96. The van der Waals surface area contributed by atoms with Gasteiger partial charge in [0.2, 0.25) is 0 Å². The number of nitrogens with zero attached hydrogens (tertiary/aromatic N) is 2. The summed E-state index contributed by atoms with van der Waals surface area (Å²) in [4.78, 5) is 10.8. The molecule has 0 atom stereocenters. The van der Waals surface area contributed by atoms with Crippen LogP contribution in [0.4, 0.5) is 0 Å². The quantitative estimate of drug-likeness (QED) is 0.693. The molecule has 2 aromatic rings. The van der Waals surface area contributed by atoms with E-state index in [0.717, 1.165) is 5.56 Å². The van der Waals surface area contributed by atoms with E-state index in [4.69, 9.17) is 0 Å². The number of hydrogen-bond acceptors (Lipinski definition) is 4. The van der Waals surface area contributed by atoms with Gasteiger partial charge in [0.1, 0.15) is 16.8 Å². The Hall–Kier alpha value is -1.71. The minimum absolute atomic E-state index is 0.135. The first kappa shape index (κ1) is 7.91. The van der Waals surface area contributed by atoms with Crippen LogP contribution in [0.3, 0.4) is 0 Å². The van der Waals surface area contributed by atoms with Gasteiger partial charge in [0.25, 0.3) is 0 Å². The molecule has 1 aromatic carbocycles. The smallest absolute Gasteiger partial charge is 0.135 e. The number of hydrogen-bond donors (Lipinski definition) is 0. The molecule has 0 bridgehead atoms. The standard InChI is InChI=1S/C9H8N2O2/c1-6(12)4-7-2-3-8-9(5-7)11-13-10-8/h2-3,5H,4H2,1H3. The highest BCUT2D eigenvalue weighted by atomic mass is 16.6. The summed E-state index contributed by atoms with van der Waals surface area (Å²) in [7, 11) is 0. The second kappa shape index (κ2) is 2.97. The van der Waals surface area contributed by atoms with Crippen LogP contribution in [0, 0.1) is 0 Å². The van der Waals surface area contributed by atoms with Crippen LogP contribution in [0.5, 0.6) is 0 Å². The molecule has 1 aromatic heterocycles. The van der Waals surface area contributed by atoms with Crippen molar-refractivity contribution >= 4 is 16.8 Å². The molecule has 0 unspecified atom stereocenters. The Kier molecular flexibility index (Phi) is 1.81. The SMILES string of the molecule is CC(=O)Cc1ccc2nonc2c1. The number of carbonyl (C=O) groups is 1. The van der Waals surface area contributed by atoms with E-state index < -0.39 is 0 Å². The molecule has 0 saturated carbocycles. The molecule has 0 spiro atoms. The van der Waals surface area contributed by atoms with Crippen LogP contribution in [-0.2, 0) is 11.2 Å². The topological polar surface area (TPSA) is 56.0 Å². The van der Waals surface area contributed by atoms with Crippen molar-refractivity contribution in [1.82, 2.24) is 10.3 Å². The second-order valence-corrected chi connectivity index (χ2v) is 2.97. The van der Waals surface area contributed by atoms with E-state index in [-0.39, 0.29) is 5.78 Å². The summed E-state index contributed by atoms with van der Waals surface area (Å²) < 4.78 is 4.54. The molecule has 0 radical (unpaired) electrons. The van der Waals surface area contributed by atoms with E-state index in [1.165, 1.54) is 0 Å². The fourth-order valence-electron chi connectivity index (χ4n) is 1.23. The van der Waals surface area contributed by atoms with Gasteiger partial charge in [0, 0.05) is 6.42 Å². The molecule has 0 amide bonds. The Labute approximate surface area is 74.5 Å². The van der Waals surface area contributed by atoms with E-state index in [9.17, 15) is 4.79 Å². The highest BCUT2D eigenvalue weighted by Gasteiger charge is 2.02. The van der Waals surface area contributed by atoms with Crippen LogP contribution >= 0.6 is 0 Å². The second-order valence-electron chi connectivity index (χ2n) is 2.97. The van der Waals surface area contributed by atoms with Crippen molar-refractivity contribution in [3.8, 4) is 0 Å². The van der Waals surface area contributed by atoms with Gasteiger partial charge < -0.3 is 0 Å². The zero-order valence-corrected chi connectivity index (χ0v) is 7.15. The van der Waals surface area contributed by atoms with Crippen molar-refractivity contribution in [2.45, 2.75) is 13.3 Å². The first-order chi connectivity index (χ1) is 6.25. The lowest BCUT2D eigenvalue weighted by molar-refractivity contribution is -0.116. The lowest BCUT2D eigenvalue weighted by Gasteiger charge is -1.94. The molecule has 0 aliphatic carbocycles. The first-order valence-electron chi connectivity index (χ1n) is 3.96. The predicted molar refractivity (Wildman–Crippen MR) is 46.2 cm³/mol. The number of ketones is 1. The van der Waals surface area contributed by atoms with Gasteiger partial charge in [-0.05, 0) is 34.9 Å². The number of aromatic nitrogens is 2. The van der Waals surface area contributed by atoms with E-state index in [1.807, 2.05) is 12.1 Å². The van der Waals surface area contributed by atoms with Gasteiger partial charge in [-0.1, -0.05) is 6.07 Å². The Balaban J connectivity index is 2.42.